The highest BCUT2D eigenvalue weighted by molar-refractivity contribution is 9.09. The number of unbranched alkanes of at least 4 members (excludes halogenated alkanes) is 2. The molecule has 0 heterocycles. The van der Waals surface area contributed by atoms with Gasteiger partial charge >= 0.3 is 6.03 Å². The van der Waals surface area contributed by atoms with Crippen molar-refractivity contribution in [3.63, 3.8) is 0 Å². The van der Waals surface area contributed by atoms with Gasteiger partial charge < -0.3 is 27.0 Å². The number of rotatable bonds is 16. The lowest BCUT2D eigenvalue weighted by molar-refractivity contribution is -0.132. The van der Waals surface area contributed by atoms with Gasteiger partial charge in [-0.15, -0.1) is 0 Å². The minimum atomic E-state index is -0.753. The minimum absolute atomic E-state index is 0.0727. The molecule has 0 aromatic rings. The summed E-state index contributed by atoms with van der Waals surface area (Å²) in [6, 6.07) is -2.10. The Bertz CT molecular complexity index is 615. The fourth-order valence-corrected chi connectivity index (χ4v) is 3.00. The Kier molecular flexibility index (Phi) is 15.4. The maximum Gasteiger partial charge on any atom is 0.312 e. The number of nitrogens with two attached hydrogens (primary N) is 1. The Labute approximate surface area is 192 Å². The summed E-state index contributed by atoms with van der Waals surface area (Å²) in [6.45, 7) is 5.88. The van der Waals surface area contributed by atoms with E-state index in [1.54, 1.807) is 0 Å². The molecule has 31 heavy (non-hydrogen) atoms. The second-order valence-electron chi connectivity index (χ2n) is 7.69. The van der Waals surface area contributed by atoms with E-state index in [-0.39, 0.29) is 35.3 Å². The van der Waals surface area contributed by atoms with E-state index in [2.05, 4.69) is 37.2 Å². The zero-order valence-corrected chi connectivity index (χ0v) is 20.2. The Balaban J connectivity index is 4.47. The number of nitrogens with one attached hydrogen (secondary N) is 4. The molecular weight excluding hydrogens is 470 g/mol. The van der Waals surface area contributed by atoms with Crippen molar-refractivity contribution in [1.82, 2.24) is 21.3 Å². The highest BCUT2D eigenvalue weighted by Gasteiger charge is 2.27. The van der Waals surface area contributed by atoms with E-state index >= 15 is 0 Å². The first-order valence-corrected chi connectivity index (χ1v) is 11.7. The number of amides is 5. The number of carbonyl (C=O) groups is 5. The monoisotopic (exact) mass is 505 g/mol. The molecule has 11 heteroatoms. The van der Waals surface area contributed by atoms with Crippen LogP contribution in [0.15, 0.2) is 0 Å². The summed E-state index contributed by atoms with van der Waals surface area (Å²) in [7, 11) is 0. The molecule has 2 atom stereocenters. The van der Waals surface area contributed by atoms with Gasteiger partial charge in [-0.05, 0) is 38.5 Å². The number of halogens is 1. The van der Waals surface area contributed by atoms with Crippen LogP contribution < -0.4 is 27.0 Å². The Morgan fingerprint density at radius 3 is 2.06 bits per heavy atom. The molecule has 0 bridgehead atoms. The number of hydrogen-bond donors (Lipinski definition) is 5. The van der Waals surface area contributed by atoms with Crippen LogP contribution in [0.5, 0.6) is 0 Å². The van der Waals surface area contributed by atoms with Gasteiger partial charge in [-0.2, -0.15) is 0 Å². The van der Waals surface area contributed by atoms with E-state index in [4.69, 9.17) is 5.73 Å². The predicted molar refractivity (Wildman–Crippen MR) is 121 cm³/mol. The molecule has 6 N–H and O–H groups in total. The molecule has 5 amide bonds. The van der Waals surface area contributed by atoms with Gasteiger partial charge in [0, 0.05) is 19.5 Å². The Morgan fingerprint density at radius 1 is 0.871 bits per heavy atom. The van der Waals surface area contributed by atoms with Crippen LogP contribution in [0.3, 0.4) is 0 Å². The molecule has 0 aromatic heterocycles. The van der Waals surface area contributed by atoms with Crippen molar-refractivity contribution in [2.75, 3.05) is 18.4 Å². The topological polar surface area (TPSA) is 159 Å². The van der Waals surface area contributed by atoms with Crippen LogP contribution in [0.25, 0.3) is 0 Å². The lowest BCUT2D eigenvalue weighted by Crippen LogP contribution is -2.53. The molecule has 0 aliphatic carbocycles. The first-order chi connectivity index (χ1) is 14.6. The smallest absolute Gasteiger partial charge is 0.312 e. The normalized spacial score (nSPS) is 12.5. The maximum absolute atomic E-state index is 12.7. The average Bonchev–Trinajstić information content (AvgIpc) is 2.69. The number of hydrogen-bond acceptors (Lipinski definition) is 5. The van der Waals surface area contributed by atoms with Crippen molar-refractivity contribution in [1.29, 1.82) is 0 Å². The number of urea groups is 1. The minimum Gasteiger partial charge on any atom is -0.355 e. The molecule has 0 fully saturated rings. The third-order valence-electron chi connectivity index (χ3n) is 4.57. The quantitative estimate of drug-likeness (QED) is 0.154. The molecule has 0 unspecified atom stereocenters. The standard InChI is InChI=1S/C20H36BrN5O5/c1-13(2)18(26-16(28)9-5-4-6-10-23-17(29)12-21)19(30)25-15(14(3)27)8-7-11-24-20(22)31/h13,15,18H,4-12H2,1-3H3,(H,23,29)(H,25,30)(H,26,28)(H3,22,24,31)/t15-,18-/m0/s1. The van der Waals surface area contributed by atoms with Crippen LogP contribution in [-0.2, 0) is 19.2 Å². The van der Waals surface area contributed by atoms with Gasteiger partial charge in [-0.1, -0.05) is 36.2 Å². The third kappa shape index (κ3) is 14.5. The Hall–Kier alpha value is -2.17. The summed E-state index contributed by atoms with van der Waals surface area (Å²) < 4.78 is 0. The van der Waals surface area contributed by atoms with Gasteiger partial charge in [0.25, 0.3) is 0 Å². The van der Waals surface area contributed by atoms with Crippen LogP contribution in [0.1, 0.15) is 59.3 Å². The first kappa shape index (κ1) is 28.8. The van der Waals surface area contributed by atoms with Gasteiger partial charge in [0.1, 0.15) is 6.04 Å². The number of Topliss-reactive ketones (excluding diaryl/α,β-unsaturated/α-hetero) is 1. The van der Waals surface area contributed by atoms with Gasteiger partial charge in [0.2, 0.25) is 17.7 Å². The van der Waals surface area contributed by atoms with E-state index in [1.165, 1.54) is 6.92 Å². The maximum atomic E-state index is 12.7. The molecule has 0 radical (unpaired) electrons. The second-order valence-corrected chi connectivity index (χ2v) is 8.25. The molecule has 0 aliphatic rings. The van der Waals surface area contributed by atoms with Crippen LogP contribution in [0.4, 0.5) is 4.79 Å². The molecule has 10 nitrogen and oxygen atoms in total. The summed E-state index contributed by atoms with van der Waals surface area (Å²) in [5.74, 6) is -1.08. The van der Waals surface area contributed by atoms with Crippen molar-refractivity contribution >= 4 is 45.5 Å². The molecule has 0 saturated carbocycles. The fraction of sp³-hybridized carbons (Fsp3) is 0.750. The lowest BCUT2D eigenvalue weighted by Gasteiger charge is -2.24. The van der Waals surface area contributed by atoms with Crippen molar-refractivity contribution in [3.05, 3.63) is 0 Å². The van der Waals surface area contributed by atoms with E-state index < -0.39 is 24.0 Å². The molecule has 0 saturated heterocycles. The average molecular weight is 506 g/mol. The lowest BCUT2D eigenvalue weighted by atomic mass is 10.0. The summed E-state index contributed by atoms with van der Waals surface area (Å²) in [5.41, 5.74) is 5.00. The highest BCUT2D eigenvalue weighted by Crippen LogP contribution is 2.07. The largest absolute Gasteiger partial charge is 0.355 e. The molecule has 0 rings (SSSR count). The number of alkyl halides is 1. The van der Waals surface area contributed by atoms with E-state index in [9.17, 15) is 24.0 Å². The van der Waals surface area contributed by atoms with Crippen molar-refractivity contribution < 1.29 is 24.0 Å². The van der Waals surface area contributed by atoms with E-state index in [0.717, 1.165) is 12.8 Å². The van der Waals surface area contributed by atoms with Crippen LogP contribution in [-0.4, -0.2) is 60.0 Å². The van der Waals surface area contributed by atoms with E-state index in [1.807, 2.05) is 13.8 Å². The van der Waals surface area contributed by atoms with Gasteiger partial charge in [-0.3, -0.25) is 19.2 Å². The molecule has 0 aliphatic heterocycles. The summed E-state index contributed by atoms with van der Waals surface area (Å²) in [4.78, 5) is 58.6. The zero-order chi connectivity index (χ0) is 23.8. The molecular formula is C20H36BrN5O5. The van der Waals surface area contributed by atoms with Crippen LogP contribution >= 0.6 is 15.9 Å². The summed E-state index contributed by atoms with van der Waals surface area (Å²) in [5, 5.41) is 10.9. The van der Waals surface area contributed by atoms with Crippen molar-refractivity contribution in [3.8, 4) is 0 Å². The summed E-state index contributed by atoms with van der Waals surface area (Å²) in [6.07, 6.45) is 3.29. The number of carbonyl (C=O) groups excluding carboxylic acids is 5. The highest BCUT2D eigenvalue weighted by atomic mass is 79.9. The zero-order valence-electron chi connectivity index (χ0n) is 18.6. The predicted octanol–water partition coefficient (Wildman–Crippen LogP) is 0.721. The van der Waals surface area contributed by atoms with E-state index in [0.29, 0.717) is 32.4 Å². The van der Waals surface area contributed by atoms with Crippen LogP contribution in [0.2, 0.25) is 0 Å². The van der Waals surface area contributed by atoms with Gasteiger partial charge in [0.15, 0.2) is 5.78 Å². The molecule has 0 spiro atoms. The Morgan fingerprint density at radius 2 is 1.52 bits per heavy atom. The fourth-order valence-electron chi connectivity index (χ4n) is 2.80. The van der Waals surface area contributed by atoms with Crippen LogP contribution in [0, 0.1) is 5.92 Å². The second kappa shape index (κ2) is 16.5. The van der Waals surface area contributed by atoms with Gasteiger partial charge in [-0.25, -0.2) is 4.79 Å². The third-order valence-corrected chi connectivity index (χ3v) is 5.08. The molecule has 0 aromatic carbocycles. The summed E-state index contributed by atoms with van der Waals surface area (Å²) >= 11 is 3.07. The SMILES string of the molecule is CC(=O)[C@H](CCCNC(N)=O)NC(=O)[C@@H](NC(=O)CCCCCNC(=O)CBr)C(C)C. The van der Waals surface area contributed by atoms with Crippen molar-refractivity contribution in [2.45, 2.75) is 71.4 Å². The first-order valence-electron chi connectivity index (χ1n) is 10.5. The van der Waals surface area contributed by atoms with Crippen molar-refractivity contribution in [2.24, 2.45) is 11.7 Å². The number of primary amides is 1. The number of ketones is 1. The van der Waals surface area contributed by atoms with Gasteiger partial charge in [0.05, 0.1) is 11.4 Å². The molecule has 178 valence electrons.